The molecule has 1 aliphatic heterocycles. The zero-order valence-electron chi connectivity index (χ0n) is 16.9. The van der Waals surface area contributed by atoms with Gasteiger partial charge in [-0.2, -0.15) is 0 Å². The van der Waals surface area contributed by atoms with Gasteiger partial charge in [0.2, 0.25) is 0 Å². The summed E-state index contributed by atoms with van der Waals surface area (Å²) in [6.07, 6.45) is 5.54. The van der Waals surface area contributed by atoms with Gasteiger partial charge in [0.1, 0.15) is 43.3 Å². The molecule has 2 heterocycles. The maximum atomic E-state index is 12.1. The number of nitrogens with one attached hydrogen (secondary N) is 3. The van der Waals surface area contributed by atoms with Crippen LogP contribution < -0.4 is 19.9 Å². The number of carbonyl (C=O) groups is 1. The number of ether oxygens (including phenoxy) is 1. The van der Waals surface area contributed by atoms with Crippen molar-refractivity contribution in [1.82, 2.24) is 5.32 Å². The number of likely N-dealkylation sites (N-methyl/N-ethyl adjacent to an activating group) is 1. The van der Waals surface area contributed by atoms with E-state index >= 15 is 0 Å². The smallest absolute Gasteiger partial charge is 0.257 e. The summed E-state index contributed by atoms with van der Waals surface area (Å²) in [7, 11) is 2.26. The molecule has 6 nitrogen and oxygen atoms in total. The van der Waals surface area contributed by atoms with Crippen LogP contribution in [0.15, 0.2) is 22.6 Å². The Morgan fingerprint density at radius 2 is 2.00 bits per heavy atom. The highest BCUT2D eigenvalue weighted by atomic mass is 16.5. The molecule has 3 N–H and O–H groups in total. The second-order valence-corrected chi connectivity index (χ2v) is 8.32. The van der Waals surface area contributed by atoms with E-state index in [2.05, 4.69) is 12.4 Å². The summed E-state index contributed by atoms with van der Waals surface area (Å²) in [6, 6.07) is 5.87. The Labute approximate surface area is 166 Å². The lowest BCUT2D eigenvalue weighted by atomic mass is 9.96. The van der Waals surface area contributed by atoms with Crippen molar-refractivity contribution in [3.8, 4) is 5.75 Å². The van der Waals surface area contributed by atoms with Crippen molar-refractivity contribution in [3.05, 3.63) is 29.5 Å². The van der Waals surface area contributed by atoms with E-state index in [0.29, 0.717) is 0 Å². The Morgan fingerprint density at radius 3 is 2.86 bits per heavy atom. The van der Waals surface area contributed by atoms with Crippen LogP contribution in [0.25, 0.3) is 11.0 Å². The largest absolute Gasteiger partial charge is 0.484 e. The molecule has 4 rings (SSSR count). The molecule has 2 aliphatic rings. The van der Waals surface area contributed by atoms with E-state index in [9.17, 15) is 4.79 Å². The first-order chi connectivity index (χ1) is 13.7. The monoisotopic (exact) mass is 387 g/mol. The topological polar surface area (TPSA) is 60.4 Å². The second-order valence-electron chi connectivity index (χ2n) is 8.32. The molecule has 152 valence electrons. The quantitative estimate of drug-likeness (QED) is 0.567. The highest BCUT2D eigenvalue weighted by Crippen LogP contribution is 2.33. The maximum Gasteiger partial charge on any atom is 0.257 e. The number of quaternary nitrogens is 2. The molecule has 1 fully saturated rings. The van der Waals surface area contributed by atoms with Crippen LogP contribution in [0.4, 0.5) is 0 Å². The van der Waals surface area contributed by atoms with Crippen molar-refractivity contribution in [2.45, 2.75) is 32.1 Å². The van der Waals surface area contributed by atoms with Crippen LogP contribution in [0, 0.1) is 0 Å². The fourth-order valence-corrected chi connectivity index (χ4v) is 4.38. The number of amides is 1. The van der Waals surface area contributed by atoms with Crippen molar-refractivity contribution in [1.29, 1.82) is 0 Å². The van der Waals surface area contributed by atoms with E-state index in [4.69, 9.17) is 9.15 Å². The molecule has 2 aromatic rings. The van der Waals surface area contributed by atoms with Crippen LogP contribution >= 0.6 is 0 Å². The Morgan fingerprint density at radius 1 is 1.18 bits per heavy atom. The minimum atomic E-state index is -0.0489. The van der Waals surface area contributed by atoms with Gasteiger partial charge >= 0.3 is 0 Å². The summed E-state index contributed by atoms with van der Waals surface area (Å²) in [5, 5.41) is 4.13. The predicted octanol–water partition coefficient (Wildman–Crippen LogP) is -0.390. The number of rotatable bonds is 7. The minimum absolute atomic E-state index is 0.0489. The van der Waals surface area contributed by atoms with Crippen molar-refractivity contribution < 1.29 is 23.7 Å². The lowest BCUT2D eigenvalue weighted by Crippen LogP contribution is -3.27. The lowest BCUT2D eigenvalue weighted by molar-refractivity contribution is -1.00. The van der Waals surface area contributed by atoms with E-state index in [1.807, 2.05) is 18.2 Å². The SMILES string of the molecule is C[NH+]1CC[NH+](CCCNC(=O)COc2ccc3oc4c(c3c2)CCCC4)CC1. The van der Waals surface area contributed by atoms with Gasteiger partial charge in [0, 0.05) is 30.3 Å². The zero-order valence-corrected chi connectivity index (χ0v) is 16.9. The Hall–Kier alpha value is -2.05. The molecule has 0 bridgehead atoms. The molecule has 0 radical (unpaired) electrons. The van der Waals surface area contributed by atoms with Gasteiger partial charge in [-0.05, 0) is 37.5 Å². The highest BCUT2D eigenvalue weighted by molar-refractivity contribution is 5.84. The first-order valence-corrected chi connectivity index (χ1v) is 10.8. The molecule has 0 atom stereocenters. The average Bonchev–Trinajstić information content (AvgIpc) is 3.09. The van der Waals surface area contributed by atoms with E-state index in [0.717, 1.165) is 54.8 Å². The molecule has 1 saturated heterocycles. The summed E-state index contributed by atoms with van der Waals surface area (Å²) < 4.78 is 11.7. The van der Waals surface area contributed by atoms with E-state index in [1.165, 1.54) is 44.6 Å². The fourth-order valence-electron chi connectivity index (χ4n) is 4.38. The zero-order chi connectivity index (χ0) is 19.3. The minimum Gasteiger partial charge on any atom is -0.484 e. The van der Waals surface area contributed by atoms with E-state index < -0.39 is 0 Å². The third-order valence-corrected chi connectivity index (χ3v) is 6.14. The van der Waals surface area contributed by atoms with E-state index in [-0.39, 0.29) is 12.5 Å². The van der Waals surface area contributed by atoms with Crippen LogP contribution in [0.3, 0.4) is 0 Å². The molecule has 0 unspecified atom stereocenters. The van der Waals surface area contributed by atoms with Gasteiger partial charge in [-0.25, -0.2) is 0 Å². The Bertz CT molecular complexity index is 809. The number of piperazine rings is 1. The molecule has 28 heavy (non-hydrogen) atoms. The van der Waals surface area contributed by atoms with Gasteiger partial charge in [-0.15, -0.1) is 0 Å². The first-order valence-electron chi connectivity index (χ1n) is 10.8. The predicted molar refractivity (Wildman–Crippen MR) is 108 cm³/mol. The number of hydrogen-bond donors (Lipinski definition) is 3. The molecule has 0 spiro atoms. The van der Waals surface area contributed by atoms with Crippen molar-refractivity contribution in [2.75, 3.05) is 52.9 Å². The third kappa shape index (κ3) is 4.67. The van der Waals surface area contributed by atoms with Crippen molar-refractivity contribution in [2.24, 2.45) is 0 Å². The molecule has 1 aromatic heterocycles. The van der Waals surface area contributed by atoms with Crippen LogP contribution in [0.2, 0.25) is 0 Å². The van der Waals surface area contributed by atoms with Crippen molar-refractivity contribution >= 4 is 16.9 Å². The molecule has 1 amide bonds. The maximum absolute atomic E-state index is 12.1. The Balaban J connectivity index is 1.20. The third-order valence-electron chi connectivity index (χ3n) is 6.14. The molecule has 1 aliphatic carbocycles. The number of fused-ring (bicyclic) bond motifs is 3. The number of furan rings is 1. The van der Waals surface area contributed by atoms with Gasteiger partial charge in [-0.3, -0.25) is 4.79 Å². The number of aryl methyl sites for hydroxylation is 2. The number of hydrogen-bond acceptors (Lipinski definition) is 3. The summed E-state index contributed by atoms with van der Waals surface area (Å²) >= 11 is 0. The van der Waals surface area contributed by atoms with Crippen LogP contribution in [0.1, 0.15) is 30.6 Å². The average molecular weight is 388 g/mol. The highest BCUT2D eigenvalue weighted by Gasteiger charge is 2.19. The van der Waals surface area contributed by atoms with Gasteiger partial charge in [0.25, 0.3) is 5.91 Å². The molecular formula is C22H33N3O3+2. The standard InChI is InChI=1S/C22H31N3O3/c1-24-11-13-25(14-12-24)10-4-9-23-22(26)16-27-17-7-8-21-19(15-17)18-5-2-3-6-20(18)28-21/h7-8,15H,2-6,9-14,16H2,1H3,(H,23,26)/p+2. The molecule has 6 heteroatoms. The van der Waals surface area contributed by atoms with Gasteiger partial charge in [0.15, 0.2) is 6.61 Å². The molecular weight excluding hydrogens is 354 g/mol. The second kappa shape index (κ2) is 8.97. The fraction of sp³-hybridized carbons (Fsp3) is 0.591. The van der Waals surface area contributed by atoms with E-state index in [1.54, 1.807) is 9.80 Å². The van der Waals surface area contributed by atoms with Crippen LogP contribution in [0.5, 0.6) is 5.75 Å². The number of carbonyl (C=O) groups excluding carboxylic acids is 1. The van der Waals surface area contributed by atoms with Gasteiger partial charge < -0.3 is 24.3 Å². The summed E-state index contributed by atoms with van der Waals surface area (Å²) in [5.74, 6) is 1.81. The van der Waals surface area contributed by atoms with Crippen LogP contribution in [-0.4, -0.2) is 58.8 Å². The summed E-state index contributed by atoms with van der Waals surface area (Å²) in [4.78, 5) is 15.4. The van der Waals surface area contributed by atoms with Gasteiger partial charge in [0.05, 0.1) is 13.6 Å². The summed E-state index contributed by atoms with van der Waals surface area (Å²) in [6.45, 7) is 6.90. The normalized spacial score (nSPS) is 22.0. The van der Waals surface area contributed by atoms with Crippen LogP contribution in [-0.2, 0) is 17.6 Å². The lowest BCUT2D eigenvalue weighted by Gasteiger charge is -2.27. The Kier molecular flexibility index (Phi) is 6.17. The first kappa shape index (κ1) is 19.3. The van der Waals surface area contributed by atoms with Crippen molar-refractivity contribution in [3.63, 3.8) is 0 Å². The van der Waals surface area contributed by atoms with Gasteiger partial charge in [-0.1, -0.05) is 0 Å². The summed E-state index contributed by atoms with van der Waals surface area (Å²) in [5.41, 5.74) is 2.25. The molecule has 1 aromatic carbocycles. The molecule has 0 saturated carbocycles. The number of benzene rings is 1.